The van der Waals surface area contributed by atoms with Crippen LogP contribution >= 0.6 is 0 Å². The van der Waals surface area contributed by atoms with Crippen LogP contribution in [0, 0.1) is 4.78 Å². The van der Waals surface area contributed by atoms with Crippen LogP contribution in [0.15, 0.2) is 29.4 Å². The molecule has 5 heteroatoms. The van der Waals surface area contributed by atoms with Gasteiger partial charge < -0.3 is 0 Å². The topological polar surface area (TPSA) is 79.8 Å². The predicted octanol–water partition coefficient (Wildman–Crippen LogP) is 0.361. The van der Waals surface area contributed by atoms with E-state index in [1.807, 2.05) is 0 Å². The molecule has 1 aromatic heterocycles. The third-order valence-electron chi connectivity index (χ3n) is 1.000. The van der Waals surface area contributed by atoms with Gasteiger partial charge in [-0.2, -0.15) is 0 Å². The third-order valence-corrected chi connectivity index (χ3v) is 1.97. The van der Waals surface area contributed by atoms with E-state index in [-0.39, 0.29) is 0 Å². The van der Waals surface area contributed by atoms with Crippen LogP contribution in [0.4, 0.5) is 0 Å². The summed E-state index contributed by atoms with van der Waals surface area (Å²) >= 11 is 0. The molecule has 54 valence electrons. The van der Waals surface area contributed by atoms with E-state index >= 15 is 0 Å². The first-order chi connectivity index (χ1) is 4.61. The fraction of sp³-hybridized carbons (Fsp3) is 0. The fourth-order valence-corrected chi connectivity index (χ4v) is 1.07. The van der Waals surface area contributed by atoms with Crippen molar-refractivity contribution in [3.63, 3.8) is 0 Å². The summed E-state index contributed by atoms with van der Waals surface area (Å²) in [6.45, 7) is 0. The highest BCUT2D eigenvalue weighted by Crippen LogP contribution is 2.02. The maximum Gasteiger partial charge on any atom is 0.132 e. The normalized spacial score (nSPS) is 16.1. The van der Waals surface area contributed by atoms with Crippen LogP contribution in [-0.2, 0) is 9.92 Å². The van der Waals surface area contributed by atoms with Gasteiger partial charge in [0.2, 0.25) is 0 Å². The molecule has 0 fully saturated rings. The van der Waals surface area contributed by atoms with Gasteiger partial charge in [0.1, 0.15) is 9.92 Å². The molecule has 0 aliphatic heterocycles. The molecule has 1 unspecified atom stereocenters. The van der Waals surface area contributed by atoms with Gasteiger partial charge in [0.15, 0.2) is 0 Å². The molecule has 0 bridgehead atoms. The first-order valence-corrected chi connectivity index (χ1v) is 4.19. The zero-order valence-electron chi connectivity index (χ0n) is 5.15. The van der Waals surface area contributed by atoms with Gasteiger partial charge in [-0.1, -0.05) is 0 Å². The first kappa shape index (κ1) is 7.17. The molecule has 0 amide bonds. The molecule has 4 nitrogen and oxygen atoms in total. The summed E-state index contributed by atoms with van der Waals surface area (Å²) < 4.78 is 17.8. The van der Waals surface area contributed by atoms with Gasteiger partial charge >= 0.3 is 0 Å². The van der Waals surface area contributed by atoms with Crippen LogP contribution in [0.5, 0.6) is 0 Å². The molecule has 0 radical (unpaired) electrons. The number of nitrogens with two attached hydrogens (primary N) is 1. The average molecular weight is 157 g/mol. The molecule has 1 atom stereocenters. The second-order valence-electron chi connectivity index (χ2n) is 1.78. The molecule has 1 heterocycles. The lowest BCUT2D eigenvalue weighted by Gasteiger charge is -1.96. The van der Waals surface area contributed by atoms with Gasteiger partial charge in [-0.15, -0.1) is 0 Å². The standard InChI is InChI=1S/C5H7N3OS/c6-10(7,9)5-1-3-8-4-2-5/h1-4H,(H3,6,7,9). The summed E-state index contributed by atoms with van der Waals surface area (Å²) in [5, 5.41) is 5.02. The number of hydrogen-bond donors (Lipinski definition) is 2. The quantitative estimate of drug-likeness (QED) is 0.617. The van der Waals surface area contributed by atoms with Gasteiger partial charge in [0, 0.05) is 12.4 Å². The number of aromatic nitrogens is 1. The predicted molar refractivity (Wildman–Crippen MR) is 37.6 cm³/mol. The Bertz CT molecular complexity index is 305. The summed E-state index contributed by atoms with van der Waals surface area (Å²) in [5.74, 6) is 0. The lowest BCUT2D eigenvalue weighted by Crippen LogP contribution is -2.09. The molecule has 0 saturated heterocycles. The Morgan fingerprint density at radius 3 is 2.30 bits per heavy atom. The zero-order valence-corrected chi connectivity index (χ0v) is 5.97. The number of rotatable bonds is 1. The molecule has 1 rings (SSSR count). The van der Waals surface area contributed by atoms with Crippen molar-refractivity contribution in [3.05, 3.63) is 24.5 Å². The van der Waals surface area contributed by atoms with Crippen LogP contribution in [0.25, 0.3) is 0 Å². The van der Waals surface area contributed by atoms with Gasteiger partial charge in [0.25, 0.3) is 0 Å². The van der Waals surface area contributed by atoms with E-state index in [0.717, 1.165) is 0 Å². The smallest absolute Gasteiger partial charge is 0.132 e. The van der Waals surface area contributed by atoms with Gasteiger partial charge in [-0.25, -0.2) is 14.1 Å². The van der Waals surface area contributed by atoms with E-state index in [0.29, 0.717) is 4.90 Å². The minimum atomic E-state index is -3.04. The minimum Gasteiger partial charge on any atom is -0.265 e. The van der Waals surface area contributed by atoms with E-state index in [2.05, 4.69) is 4.98 Å². The van der Waals surface area contributed by atoms with Crippen LogP contribution in [0.2, 0.25) is 0 Å². The van der Waals surface area contributed by atoms with Gasteiger partial charge in [-0.3, -0.25) is 4.98 Å². The van der Waals surface area contributed by atoms with Crippen LogP contribution in [-0.4, -0.2) is 9.19 Å². The van der Waals surface area contributed by atoms with Crippen molar-refractivity contribution >= 4 is 9.92 Å². The Balaban J connectivity index is 3.22. The summed E-state index contributed by atoms with van der Waals surface area (Å²) in [5.41, 5.74) is 0. The molecule has 0 aromatic carbocycles. The maximum absolute atomic E-state index is 10.8. The van der Waals surface area contributed by atoms with Crippen LogP contribution in [0.1, 0.15) is 0 Å². The van der Waals surface area contributed by atoms with Crippen LogP contribution in [0.3, 0.4) is 0 Å². The zero-order chi connectivity index (χ0) is 7.61. The summed E-state index contributed by atoms with van der Waals surface area (Å²) in [7, 11) is -3.04. The van der Waals surface area contributed by atoms with Crippen molar-refractivity contribution < 1.29 is 4.21 Å². The SMILES string of the molecule is N=S(N)(=O)c1ccncc1. The molecule has 10 heavy (non-hydrogen) atoms. The first-order valence-electron chi connectivity index (χ1n) is 2.57. The Hall–Kier alpha value is -0.940. The van der Waals surface area contributed by atoms with Crippen LogP contribution < -0.4 is 5.14 Å². The molecule has 1 aromatic rings. The van der Waals surface area contributed by atoms with Crippen molar-refractivity contribution in [2.24, 2.45) is 5.14 Å². The van der Waals surface area contributed by atoms with Crippen molar-refractivity contribution in [2.75, 3.05) is 0 Å². The molecule has 0 saturated carbocycles. The third kappa shape index (κ3) is 1.52. The van der Waals surface area contributed by atoms with E-state index in [1.165, 1.54) is 24.5 Å². The van der Waals surface area contributed by atoms with Gasteiger partial charge in [0.05, 0.1) is 4.90 Å². The highest BCUT2D eigenvalue weighted by molar-refractivity contribution is 7.90. The largest absolute Gasteiger partial charge is 0.265 e. The van der Waals surface area contributed by atoms with E-state index in [9.17, 15) is 4.21 Å². The van der Waals surface area contributed by atoms with Crippen molar-refractivity contribution in [1.82, 2.24) is 4.98 Å². The minimum absolute atomic E-state index is 0.308. The second kappa shape index (κ2) is 2.36. The van der Waals surface area contributed by atoms with E-state index < -0.39 is 9.92 Å². The van der Waals surface area contributed by atoms with E-state index in [4.69, 9.17) is 9.92 Å². The van der Waals surface area contributed by atoms with Crippen molar-refractivity contribution in [2.45, 2.75) is 4.90 Å². The number of hydrogen-bond acceptors (Lipinski definition) is 3. The lowest BCUT2D eigenvalue weighted by molar-refractivity contribution is 0.676. The Labute approximate surface area is 59.2 Å². The summed E-state index contributed by atoms with van der Waals surface area (Å²) in [6.07, 6.45) is 2.91. The average Bonchev–Trinajstić information content (AvgIpc) is 1.88. The number of nitrogens with zero attached hydrogens (tertiary/aromatic N) is 1. The Morgan fingerprint density at radius 1 is 1.50 bits per heavy atom. The summed E-state index contributed by atoms with van der Waals surface area (Å²) in [4.78, 5) is 4.00. The lowest BCUT2D eigenvalue weighted by atomic mass is 10.5. The second-order valence-corrected chi connectivity index (χ2v) is 3.46. The Kier molecular flexibility index (Phi) is 1.69. The maximum atomic E-state index is 10.8. The van der Waals surface area contributed by atoms with Gasteiger partial charge in [-0.05, 0) is 12.1 Å². The highest BCUT2D eigenvalue weighted by atomic mass is 32.2. The van der Waals surface area contributed by atoms with Crippen molar-refractivity contribution in [3.8, 4) is 0 Å². The van der Waals surface area contributed by atoms with Crippen molar-refractivity contribution in [1.29, 1.82) is 4.78 Å². The molecule has 3 N–H and O–H groups in total. The molecular formula is C5H7N3OS. The highest BCUT2D eigenvalue weighted by Gasteiger charge is 1.99. The Morgan fingerprint density at radius 2 is 2.00 bits per heavy atom. The summed E-state index contributed by atoms with van der Waals surface area (Å²) in [6, 6.07) is 2.94. The molecule has 0 aliphatic rings. The monoisotopic (exact) mass is 157 g/mol. The fourth-order valence-electron chi connectivity index (χ4n) is 0.540. The molecular weight excluding hydrogens is 150 g/mol. The molecule has 0 aliphatic carbocycles. The number of nitrogens with one attached hydrogen (secondary N) is 1. The van der Waals surface area contributed by atoms with E-state index in [1.54, 1.807) is 0 Å². The molecule has 0 spiro atoms. The number of pyridine rings is 1.